The molecule has 1 aliphatic carbocycles. The molecule has 1 heterocycles. The van der Waals surface area contributed by atoms with Gasteiger partial charge < -0.3 is 10.2 Å². The molecule has 1 aliphatic heterocycles. The van der Waals surface area contributed by atoms with Gasteiger partial charge in [0.25, 0.3) is 0 Å². The maximum absolute atomic E-state index is 3.61. The molecule has 1 saturated heterocycles. The standard InChI is InChI=1S/C15H22N2/c1-2-6-15-13(5-1)11-14(15)12-16-7-10-17-8-3-4-9-17/h1-2,5-6,14,16H,3-4,7-12H2. The molecule has 1 unspecified atom stereocenters. The van der Waals surface area contributed by atoms with E-state index in [1.165, 1.54) is 38.9 Å². The van der Waals surface area contributed by atoms with E-state index >= 15 is 0 Å². The van der Waals surface area contributed by atoms with Gasteiger partial charge in [-0.3, -0.25) is 0 Å². The minimum absolute atomic E-state index is 0.768. The minimum atomic E-state index is 0.768. The zero-order chi connectivity index (χ0) is 11.5. The third-order valence-corrected chi connectivity index (χ3v) is 4.16. The summed E-state index contributed by atoms with van der Waals surface area (Å²) in [5.74, 6) is 0.768. The molecule has 2 heteroatoms. The van der Waals surface area contributed by atoms with Crippen molar-refractivity contribution in [3.63, 3.8) is 0 Å². The van der Waals surface area contributed by atoms with Crippen LogP contribution >= 0.6 is 0 Å². The van der Waals surface area contributed by atoms with Gasteiger partial charge in [0, 0.05) is 25.6 Å². The van der Waals surface area contributed by atoms with E-state index in [0.29, 0.717) is 0 Å². The summed E-state index contributed by atoms with van der Waals surface area (Å²) >= 11 is 0. The van der Waals surface area contributed by atoms with Crippen molar-refractivity contribution in [2.75, 3.05) is 32.7 Å². The Hall–Kier alpha value is -0.860. The van der Waals surface area contributed by atoms with Crippen molar-refractivity contribution in [1.29, 1.82) is 0 Å². The van der Waals surface area contributed by atoms with Gasteiger partial charge in [-0.25, -0.2) is 0 Å². The quantitative estimate of drug-likeness (QED) is 0.778. The Morgan fingerprint density at radius 3 is 2.82 bits per heavy atom. The average molecular weight is 230 g/mol. The zero-order valence-corrected chi connectivity index (χ0v) is 10.5. The Balaban J connectivity index is 1.36. The number of fused-ring (bicyclic) bond motifs is 1. The molecule has 1 fully saturated rings. The van der Waals surface area contributed by atoms with Crippen LogP contribution in [-0.4, -0.2) is 37.6 Å². The van der Waals surface area contributed by atoms with Gasteiger partial charge in [0.1, 0.15) is 0 Å². The second-order valence-electron chi connectivity index (χ2n) is 5.35. The van der Waals surface area contributed by atoms with Crippen molar-refractivity contribution in [2.24, 2.45) is 0 Å². The molecule has 1 atom stereocenters. The fourth-order valence-electron chi connectivity index (χ4n) is 3.06. The topological polar surface area (TPSA) is 15.3 Å². The van der Waals surface area contributed by atoms with E-state index < -0.39 is 0 Å². The highest BCUT2D eigenvalue weighted by Gasteiger charge is 2.24. The van der Waals surface area contributed by atoms with Gasteiger partial charge in [-0.1, -0.05) is 24.3 Å². The van der Waals surface area contributed by atoms with Gasteiger partial charge in [-0.15, -0.1) is 0 Å². The summed E-state index contributed by atoms with van der Waals surface area (Å²) < 4.78 is 0. The molecular weight excluding hydrogens is 208 g/mol. The van der Waals surface area contributed by atoms with E-state index in [0.717, 1.165) is 19.0 Å². The molecule has 0 amide bonds. The van der Waals surface area contributed by atoms with Crippen LogP contribution in [0.5, 0.6) is 0 Å². The van der Waals surface area contributed by atoms with Gasteiger partial charge in [0.15, 0.2) is 0 Å². The highest BCUT2D eigenvalue weighted by atomic mass is 15.1. The van der Waals surface area contributed by atoms with E-state index in [2.05, 4.69) is 34.5 Å². The van der Waals surface area contributed by atoms with Crippen LogP contribution in [0.1, 0.15) is 29.9 Å². The number of likely N-dealkylation sites (tertiary alicyclic amines) is 1. The molecule has 0 aromatic heterocycles. The van der Waals surface area contributed by atoms with Crippen molar-refractivity contribution in [2.45, 2.75) is 25.2 Å². The summed E-state index contributed by atoms with van der Waals surface area (Å²) in [7, 11) is 0. The molecule has 1 aromatic carbocycles. The van der Waals surface area contributed by atoms with Crippen molar-refractivity contribution < 1.29 is 0 Å². The maximum atomic E-state index is 3.61. The van der Waals surface area contributed by atoms with Gasteiger partial charge in [-0.2, -0.15) is 0 Å². The molecule has 17 heavy (non-hydrogen) atoms. The first-order valence-electron chi connectivity index (χ1n) is 6.94. The smallest absolute Gasteiger partial charge is 0.0107 e. The van der Waals surface area contributed by atoms with E-state index in [1.807, 2.05) is 0 Å². The highest BCUT2D eigenvalue weighted by molar-refractivity contribution is 5.40. The first kappa shape index (κ1) is 11.2. The molecule has 2 nitrogen and oxygen atoms in total. The Labute approximate surface area is 104 Å². The lowest BCUT2D eigenvalue weighted by Crippen LogP contribution is -2.34. The fraction of sp³-hybridized carbons (Fsp3) is 0.600. The third kappa shape index (κ3) is 2.53. The Bertz CT molecular complexity index is 369. The van der Waals surface area contributed by atoms with Gasteiger partial charge >= 0.3 is 0 Å². The molecular formula is C15H22N2. The predicted molar refractivity (Wildman–Crippen MR) is 71.4 cm³/mol. The molecule has 2 aliphatic rings. The van der Waals surface area contributed by atoms with Crippen molar-refractivity contribution in [3.8, 4) is 0 Å². The molecule has 1 aromatic rings. The van der Waals surface area contributed by atoms with Gasteiger partial charge in [-0.05, 0) is 43.5 Å². The van der Waals surface area contributed by atoms with Gasteiger partial charge in [0.05, 0.1) is 0 Å². The third-order valence-electron chi connectivity index (χ3n) is 4.16. The second-order valence-corrected chi connectivity index (χ2v) is 5.35. The number of hydrogen-bond donors (Lipinski definition) is 1. The Kier molecular flexibility index (Phi) is 3.44. The van der Waals surface area contributed by atoms with Crippen LogP contribution in [0.4, 0.5) is 0 Å². The predicted octanol–water partition coefficient (Wildman–Crippen LogP) is 2.01. The number of nitrogens with zero attached hydrogens (tertiary/aromatic N) is 1. The molecule has 0 spiro atoms. The lowest BCUT2D eigenvalue weighted by Gasteiger charge is -2.30. The lowest BCUT2D eigenvalue weighted by atomic mass is 9.78. The zero-order valence-electron chi connectivity index (χ0n) is 10.5. The molecule has 3 rings (SSSR count). The normalized spacial score (nSPS) is 23.4. The SMILES string of the molecule is c1ccc2c(c1)CC2CNCCN1CCCC1. The summed E-state index contributed by atoms with van der Waals surface area (Å²) in [5, 5.41) is 3.61. The van der Waals surface area contributed by atoms with Crippen LogP contribution in [0.3, 0.4) is 0 Å². The molecule has 92 valence electrons. The van der Waals surface area contributed by atoms with Crippen LogP contribution in [0, 0.1) is 0 Å². The summed E-state index contributed by atoms with van der Waals surface area (Å²) in [6.07, 6.45) is 4.07. The molecule has 0 radical (unpaired) electrons. The Morgan fingerprint density at radius 2 is 2.00 bits per heavy atom. The van der Waals surface area contributed by atoms with Crippen molar-refractivity contribution in [3.05, 3.63) is 35.4 Å². The highest BCUT2D eigenvalue weighted by Crippen LogP contribution is 2.33. The van der Waals surface area contributed by atoms with Crippen LogP contribution in [0.25, 0.3) is 0 Å². The molecule has 1 N–H and O–H groups in total. The summed E-state index contributed by atoms with van der Waals surface area (Å²) in [5.41, 5.74) is 3.13. The van der Waals surface area contributed by atoms with Crippen molar-refractivity contribution in [1.82, 2.24) is 10.2 Å². The largest absolute Gasteiger partial charge is 0.315 e. The van der Waals surface area contributed by atoms with Crippen LogP contribution in [0.15, 0.2) is 24.3 Å². The lowest BCUT2D eigenvalue weighted by molar-refractivity contribution is 0.333. The fourth-order valence-corrected chi connectivity index (χ4v) is 3.06. The number of hydrogen-bond acceptors (Lipinski definition) is 2. The van der Waals surface area contributed by atoms with E-state index in [4.69, 9.17) is 0 Å². The monoisotopic (exact) mass is 230 g/mol. The first-order valence-corrected chi connectivity index (χ1v) is 6.94. The minimum Gasteiger partial charge on any atom is -0.315 e. The number of nitrogens with one attached hydrogen (secondary N) is 1. The van der Waals surface area contributed by atoms with E-state index in [-0.39, 0.29) is 0 Å². The average Bonchev–Trinajstić information content (AvgIpc) is 2.82. The van der Waals surface area contributed by atoms with Crippen LogP contribution in [-0.2, 0) is 6.42 Å². The van der Waals surface area contributed by atoms with Crippen LogP contribution in [0.2, 0.25) is 0 Å². The molecule has 0 bridgehead atoms. The Morgan fingerprint density at radius 1 is 1.18 bits per heavy atom. The number of rotatable bonds is 5. The van der Waals surface area contributed by atoms with Gasteiger partial charge in [0.2, 0.25) is 0 Å². The van der Waals surface area contributed by atoms with E-state index in [9.17, 15) is 0 Å². The maximum Gasteiger partial charge on any atom is 0.0107 e. The summed E-state index contributed by atoms with van der Waals surface area (Å²) in [4.78, 5) is 2.57. The second kappa shape index (κ2) is 5.19. The van der Waals surface area contributed by atoms with E-state index in [1.54, 1.807) is 11.1 Å². The first-order chi connectivity index (χ1) is 8.43. The molecule has 0 saturated carbocycles. The number of benzene rings is 1. The van der Waals surface area contributed by atoms with Crippen molar-refractivity contribution >= 4 is 0 Å². The van der Waals surface area contributed by atoms with Crippen LogP contribution < -0.4 is 5.32 Å². The summed E-state index contributed by atoms with van der Waals surface area (Å²) in [6.45, 7) is 6.17. The summed E-state index contributed by atoms with van der Waals surface area (Å²) in [6, 6.07) is 8.85.